The lowest BCUT2D eigenvalue weighted by Crippen LogP contribution is -2.24. The van der Waals surface area contributed by atoms with Gasteiger partial charge in [-0.2, -0.15) is 0 Å². The van der Waals surface area contributed by atoms with Gasteiger partial charge in [0.25, 0.3) is 5.91 Å². The smallest absolute Gasteiger partial charge is 0.251 e. The molecule has 1 N–H and O–H groups in total. The Bertz CT molecular complexity index is 989. The van der Waals surface area contributed by atoms with Gasteiger partial charge in [0, 0.05) is 16.3 Å². The molecule has 0 aliphatic heterocycles. The Morgan fingerprint density at radius 3 is 2.66 bits per heavy atom. The van der Waals surface area contributed by atoms with Gasteiger partial charge in [0.05, 0.1) is 19.3 Å². The summed E-state index contributed by atoms with van der Waals surface area (Å²) in [6.07, 6.45) is 1.02. The van der Waals surface area contributed by atoms with Gasteiger partial charge in [-0.25, -0.2) is 0 Å². The number of ether oxygens (including phenoxy) is 1. The van der Waals surface area contributed by atoms with Crippen molar-refractivity contribution >= 4 is 29.3 Å². The predicted molar refractivity (Wildman–Crippen MR) is 116 cm³/mol. The maximum atomic E-state index is 12.5. The lowest BCUT2D eigenvalue weighted by Gasteiger charge is -2.14. The molecule has 0 fully saturated rings. The van der Waals surface area contributed by atoms with Crippen molar-refractivity contribution in [3.63, 3.8) is 0 Å². The van der Waals surface area contributed by atoms with Crippen LogP contribution < -0.4 is 10.1 Å². The van der Waals surface area contributed by atoms with Gasteiger partial charge in [-0.15, -0.1) is 10.2 Å². The van der Waals surface area contributed by atoms with Crippen LogP contribution in [0.3, 0.4) is 0 Å². The minimum absolute atomic E-state index is 0.187. The monoisotopic (exact) mass is 430 g/mol. The molecule has 8 heteroatoms. The molecular weight excluding hydrogens is 408 g/mol. The molecule has 0 unspecified atom stereocenters. The number of methoxy groups -OCH3 is 1. The molecule has 1 amide bonds. The second-order valence-electron chi connectivity index (χ2n) is 6.38. The number of amides is 1. The first kappa shape index (κ1) is 21.2. The molecule has 0 aliphatic carbocycles. The second kappa shape index (κ2) is 9.80. The molecule has 2 aromatic carbocycles. The van der Waals surface area contributed by atoms with Gasteiger partial charge >= 0.3 is 0 Å². The van der Waals surface area contributed by atoms with Crippen LogP contribution in [0.5, 0.6) is 5.75 Å². The van der Waals surface area contributed by atoms with E-state index in [0.29, 0.717) is 22.2 Å². The minimum atomic E-state index is -0.187. The summed E-state index contributed by atoms with van der Waals surface area (Å²) in [5.41, 5.74) is 2.40. The van der Waals surface area contributed by atoms with Gasteiger partial charge < -0.3 is 10.1 Å². The first-order valence-electron chi connectivity index (χ1n) is 9.30. The average Bonchev–Trinajstić information content (AvgIpc) is 3.15. The molecule has 29 heavy (non-hydrogen) atoms. The van der Waals surface area contributed by atoms with Crippen molar-refractivity contribution in [3.05, 3.63) is 64.4 Å². The fraction of sp³-hybridized carbons (Fsp3) is 0.286. The number of carbonyl (C=O) groups is 1. The van der Waals surface area contributed by atoms with Crippen LogP contribution in [0.15, 0.2) is 47.6 Å². The predicted octanol–water partition coefficient (Wildman–Crippen LogP) is 4.67. The molecule has 152 valence electrons. The average molecular weight is 431 g/mol. The number of rotatable bonds is 8. The van der Waals surface area contributed by atoms with Crippen LogP contribution in [0.4, 0.5) is 0 Å². The zero-order chi connectivity index (χ0) is 20.8. The van der Waals surface area contributed by atoms with E-state index < -0.39 is 0 Å². The number of thioether (sulfide) groups is 1. The Morgan fingerprint density at radius 1 is 1.21 bits per heavy atom. The number of benzene rings is 2. The third-order valence-corrected chi connectivity index (χ3v) is 5.92. The van der Waals surface area contributed by atoms with Crippen molar-refractivity contribution in [2.45, 2.75) is 32.0 Å². The molecule has 0 atom stereocenters. The topological polar surface area (TPSA) is 69.0 Å². The number of aromatic nitrogens is 3. The summed E-state index contributed by atoms with van der Waals surface area (Å²) < 4.78 is 7.10. The van der Waals surface area contributed by atoms with E-state index in [4.69, 9.17) is 16.3 Å². The van der Waals surface area contributed by atoms with Crippen LogP contribution in [-0.2, 0) is 6.54 Å². The van der Waals surface area contributed by atoms with Crippen LogP contribution in [0.1, 0.15) is 35.1 Å². The third kappa shape index (κ3) is 4.92. The van der Waals surface area contributed by atoms with Crippen molar-refractivity contribution in [2.24, 2.45) is 0 Å². The molecular formula is C21H23ClN4O2S. The molecule has 0 saturated heterocycles. The van der Waals surface area contributed by atoms with E-state index in [1.165, 1.54) is 0 Å². The van der Waals surface area contributed by atoms with Gasteiger partial charge in [-0.1, -0.05) is 36.4 Å². The summed E-state index contributed by atoms with van der Waals surface area (Å²) in [5, 5.41) is 13.0. The van der Waals surface area contributed by atoms with Crippen molar-refractivity contribution < 1.29 is 9.53 Å². The molecule has 3 rings (SSSR count). The Balaban J connectivity index is 1.85. The van der Waals surface area contributed by atoms with Gasteiger partial charge in [-0.3, -0.25) is 9.36 Å². The molecule has 0 saturated carbocycles. The summed E-state index contributed by atoms with van der Waals surface area (Å²) in [6, 6.07) is 12.7. The molecule has 1 heterocycles. The highest BCUT2D eigenvalue weighted by molar-refractivity contribution is 7.99. The molecule has 0 spiro atoms. The molecule has 6 nitrogen and oxygen atoms in total. The lowest BCUT2D eigenvalue weighted by molar-refractivity contribution is 0.0949. The minimum Gasteiger partial charge on any atom is -0.497 e. The number of hydrogen-bond donors (Lipinski definition) is 1. The van der Waals surface area contributed by atoms with Gasteiger partial charge in [0.2, 0.25) is 0 Å². The Hall–Kier alpha value is -2.51. The number of carbonyl (C=O) groups excluding carboxylic acids is 1. The van der Waals surface area contributed by atoms with Crippen LogP contribution >= 0.6 is 23.4 Å². The first-order chi connectivity index (χ1) is 14.0. The second-order valence-corrected chi connectivity index (χ2v) is 7.85. The first-order valence-corrected chi connectivity index (χ1v) is 10.7. The van der Waals surface area contributed by atoms with E-state index in [0.717, 1.165) is 28.6 Å². The highest BCUT2D eigenvalue weighted by Crippen LogP contribution is 2.28. The lowest BCUT2D eigenvalue weighted by atomic mass is 10.2. The van der Waals surface area contributed by atoms with E-state index in [1.54, 1.807) is 43.1 Å². The molecule has 1 aromatic heterocycles. The van der Waals surface area contributed by atoms with Crippen molar-refractivity contribution in [3.8, 4) is 11.4 Å². The van der Waals surface area contributed by atoms with E-state index in [1.807, 2.05) is 29.7 Å². The molecule has 3 aromatic rings. The maximum absolute atomic E-state index is 12.5. The SMILES string of the molecule is CCCSc1nnc(CNC(=O)c2ccc(OC)cc2)n1-c1cccc(Cl)c1C. The summed E-state index contributed by atoms with van der Waals surface area (Å²) in [6.45, 7) is 4.33. The van der Waals surface area contributed by atoms with E-state index in [2.05, 4.69) is 22.4 Å². The summed E-state index contributed by atoms with van der Waals surface area (Å²) in [7, 11) is 1.59. The fourth-order valence-electron chi connectivity index (χ4n) is 2.79. The quantitative estimate of drug-likeness (QED) is 0.526. The summed E-state index contributed by atoms with van der Waals surface area (Å²) in [5.74, 6) is 2.09. The van der Waals surface area contributed by atoms with Crippen molar-refractivity contribution in [2.75, 3.05) is 12.9 Å². The highest BCUT2D eigenvalue weighted by atomic mass is 35.5. The number of nitrogens with one attached hydrogen (secondary N) is 1. The number of nitrogens with zero attached hydrogens (tertiary/aromatic N) is 3. The fourth-order valence-corrected chi connectivity index (χ4v) is 3.77. The summed E-state index contributed by atoms with van der Waals surface area (Å²) >= 11 is 7.96. The zero-order valence-corrected chi connectivity index (χ0v) is 18.2. The van der Waals surface area contributed by atoms with E-state index in [9.17, 15) is 4.79 Å². The molecule has 0 radical (unpaired) electrons. The van der Waals surface area contributed by atoms with E-state index in [-0.39, 0.29) is 12.5 Å². The Kier molecular flexibility index (Phi) is 7.17. The summed E-state index contributed by atoms with van der Waals surface area (Å²) in [4.78, 5) is 12.5. The van der Waals surface area contributed by atoms with Crippen molar-refractivity contribution in [1.82, 2.24) is 20.1 Å². The normalized spacial score (nSPS) is 10.8. The van der Waals surface area contributed by atoms with Gasteiger partial charge in [0.15, 0.2) is 11.0 Å². The zero-order valence-electron chi connectivity index (χ0n) is 16.6. The van der Waals surface area contributed by atoms with E-state index >= 15 is 0 Å². The van der Waals surface area contributed by atoms with Crippen molar-refractivity contribution in [1.29, 1.82) is 0 Å². The number of hydrogen-bond acceptors (Lipinski definition) is 5. The van der Waals surface area contributed by atoms with Gasteiger partial charge in [-0.05, 0) is 55.3 Å². The molecule has 0 bridgehead atoms. The third-order valence-electron chi connectivity index (χ3n) is 4.37. The van der Waals surface area contributed by atoms with Crippen LogP contribution in [0, 0.1) is 6.92 Å². The van der Waals surface area contributed by atoms with Gasteiger partial charge in [0.1, 0.15) is 5.75 Å². The highest BCUT2D eigenvalue weighted by Gasteiger charge is 2.17. The van der Waals surface area contributed by atoms with Crippen LogP contribution in [-0.4, -0.2) is 33.5 Å². The Labute approximate surface area is 179 Å². The van der Waals surface area contributed by atoms with Crippen LogP contribution in [0.25, 0.3) is 5.69 Å². The van der Waals surface area contributed by atoms with Crippen LogP contribution in [0.2, 0.25) is 5.02 Å². The number of halogens is 1. The largest absolute Gasteiger partial charge is 0.497 e. The Morgan fingerprint density at radius 2 is 1.97 bits per heavy atom. The maximum Gasteiger partial charge on any atom is 0.251 e. The molecule has 0 aliphatic rings. The standard InChI is InChI=1S/C21H23ClN4O2S/c1-4-12-29-21-25-24-19(26(21)18-7-5-6-17(22)14(18)2)13-23-20(27)15-8-10-16(28-3)11-9-15/h5-11H,4,12-13H2,1-3H3,(H,23,27).